The molecule has 0 spiro atoms. The summed E-state index contributed by atoms with van der Waals surface area (Å²) in [5.74, 6) is -0.821. The summed E-state index contributed by atoms with van der Waals surface area (Å²) < 4.78 is 42.0. The number of nitrogens with zero attached hydrogens (tertiary/aromatic N) is 3. The fourth-order valence-corrected chi connectivity index (χ4v) is 3.78. The number of benzene rings is 1. The molecule has 0 fully saturated rings. The maximum Gasteiger partial charge on any atom is 0.434 e. The monoisotopic (exact) mass is 431 g/mol. The Kier molecular flexibility index (Phi) is 4.94. The molecule has 0 aliphatic carbocycles. The van der Waals surface area contributed by atoms with Gasteiger partial charge in [0.1, 0.15) is 0 Å². The Labute approximate surface area is 173 Å². The fraction of sp³-hybridized carbons (Fsp3) is 0.150. The van der Waals surface area contributed by atoms with E-state index in [0.29, 0.717) is 5.69 Å². The van der Waals surface area contributed by atoms with Gasteiger partial charge in [-0.3, -0.25) is 9.89 Å². The second-order valence-electron chi connectivity index (χ2n) is 6.68. The van der Waals surface area contributed by atoms with Crippen molar-refractivity contribution in [2.24, 2.45) is 0 Å². The Morgan fingerprint density at radius 2 is 1.87 bits per heavy atom. The molecule has 0 saturated heterocycles. The predicted octanol–water partition coefficient (Wildman–Crippen LogP) is 5.21. The third-order valence-electron chi connectivity index (χ3n) is 4.39. The van der Waals surface area contributed by atoms with E-state index in [1.165, 1.54) is 23.5 Å². The van der Waals surface area contributed by atoms with Gasteiger partial charge in [-0.2, -0.15) is 23.4 Å². The summed E-state index contributed by atoms with van der Waals surface area (Å²) in [5.41, 5.74) is 0.0395. The van der Waals surface area contributed by atoms with Gasteiger partial charge < -0.3 is 5.32 Å². The van der Waals surface area contributed by atoms with Crippen molar-refractivity contribution in [3.63, 3.8) is 0 Å². The lowest BCUT2D eigenvalue weighted by Crippen LogP contribution is -2.20. The van der Waals surface area contributed by atoms with Crippen LogP contribution < -0.4 is 5.32 Å². The van der Waals surface area contributed by atoms with Gasteiger partial charge in [0, 0.05) is 10.9 Å². The lowest BCUT2D eigenvalue weighted by molar-refractivity contribution is -0.143. The molecule has 0 aliphatic rings. The Bertz CT molecular complexity index is 1200. The van der Waals surface area contributed by atoms with E-state index in [-0.39, 0.29) is 11.5 Å². The van der Waals surface area contributed by atoms with E-state index in [1.54, 1.807) is 18.2 Å². The molecule has 2 N–H and O–H groups in total. The molecule has 1 amide bonds. The summed E-state index contributed by atoms with van der Waals surface area (Å²) in [6.45, 7) is 3.78. The smallest absolute Gasteiger partial charge is 0.305 e. The van der Waals surface area contributed by atoms with Crippen LogP contribution in [0.25, 0.3) is 16.3 Å². The van der Waals surface area contributed by atoms with Crippen molar-refractivity contribution in [1.82, 2.24) is 20.0 Å². The number of halogens is 3. The van der Waals surface area contributed by atoms with Crippen molar-refractivity contribution >= 4 is 23.1 Å². The highest BCUT2D eigenvalue weighted by Crippen LogP contribution is 2.34. The lowest BCUT2D eigenvalue weighted by atomic mass is 10.2. The molecule has 4 rings (SSSR count). The fourth-order valence-electron chi connectivity index (χ4n) is 2.94. The molecule has 3 aromatic heterocycles. The van der Waals surface area contributed by atoms with Gasteiger partial charge in [0.15, 0.2) is 11.5 Å². The molecule has 0 aliphatic heterocycles. The van der Waals surface area contributed by atoms with Gasteiger partial charge in [0.2, 0.25) is 0 Å². The number of nitrogens with one attached hydrogen (secondary N) is 2. The van der Waals surface area contributed by atoms with E-state index in [9.17, 15) is 18.0 Å². The molecule has 154 valence electrons. The first-order chi connectivity index (χ1) is 14.2. The summed E-state index contributed by atoms with van der Waals surface area (Å²) in [6, 6.07) is 11.8. The van der Waals surface area contributed by atoms with E-state index in [2.05, 4.69) is 20.6 Å². The second-order valence-corrected chi connectivity index (χ2v) is 7.97. The van der Waals surface area contributed by atoms with Crippen molar-refractivity contribution in [3.8, 4) is 16.3 Å². The Morgan fingerprint density at radius 1 is 1.13 bits per heavy atom. The van der Waals surface area contributed by atoms with Crippen molar-refractivity contribution < 1.29 is 18.0 Å². The topological polar surface area (TPSA) is 75.6 Å². The SMILES string of the molecule is Cc1ccc(-n2ncc(C(=O)Nc3cc(-c4ccc(C)s4)[nH]n3)c2C(F)(F)F)cc1. The van der Waals surface area contributed by atoms with E-state index in [4.69, 9.17) is 0 Å². The van der Waals surface area contributed by atoms with Gasteiger partial charge in [-0.05, 0) is 38.1 Å². The number of thiophene rings is 1. The zero-order valence-electron chi connectivity index (χ0n) is 15.9. The summed E-state index contributed by atoms with van der Waals surface area (Å²) >= 11 is 1.53. The molecule has 1 aromatic carbocycles. The number of rotatable bonds is 4. The van der Waals surface area contributed by atoms with Gasteiger partial charge in [-0.1, -0.05) is 17.7 Å². The average molecular weight is 431 g/mol. The number of anilines is 1. The Morgan fingerprint density at radius 3 is 2.50 bits per heavy atom. The molecule has 0 bridgehead atoms. The number of amides is 1. The standard InChI is InChI=1S/C20H16F3N5OS/c1-11-3-6-13(7-4-11)28-18(20(21,22)23)14(10-24-28)19(29)25-17-9-15(26-27-17)16-8-5-12(2)30-16/h3-10H,1-2H3,(H2,25,26,27,29). The lowest BCUT2D eigenvalue weighted by Gasteiger charge is -2.12. The maximum absolute atomic E-state index is 13.8. The summed E-state index contributed by atoms with van der Waals surface area (Å²) in [6.07, 6.45) is -3.87. The van der Waals surface area contributed by atoms with E-state index in [0.717, 1.165) is 26.2 Å². The van der Waals surface area contributed by atoms with Gasteiger partial charge in [-0.15, -0.1) is 11.3 Å². The van der Waals surface area contributed by atoms with E-state index < -0.39 is 23.3 Å². The summed E-state index contributed by atoms with van der Waals surface area (Å²) in [4.78, 5) is 14.6. The van der Waals surface area contributed by atoms with Crippen LogP contribution in [0.15, 0.2) is 48.7 Å². The van der Waals surface area contributed by atoms with E-state index >= 15 is 0 Å². The van der Waals surface area contributed by atoms with Crippen LogP contribution in [0.2, 0.25) is 0 Å². The highest BCUT2D eigenvalue weighted by molar-refractivity contribution is 7.15. The van der Waals surface area contributed by atoms with Crippen molar-refractivity contribution in [3.05, 3.63) is 70.4 Å². The van der Waals surface area contributed by atoms with Crippen LogP contribution >= 0.6 is 11.3 Å². The highest BCUT2D eigenvalue weighted by atomic mass is 32.1. The van der Waals surface area contributed by atoms with E-state index in [1.807, 2.05) is 26.0 Å². The average Bonchev–Trinajstić information content (AvgIpc) is 3.40. The minimum absolute atomic E-state index is 0.122. The molecular weight excluding hydrogens is 415 g/mol. The van der Waals surface area contributed by atoms with Gasteiger partial charge in [-0.25, -0.2) is 4.68 Å². The second kappa shape index (κ2) is 7.45. The number of aromatic amines is 1. The highest BCUT2D eigenvalue weighted by Gasteiger charge is 2.40. The number of aromatic nitrogens is 4. The molecule has 6 nitrogen and oxygen atoms in total. The molecule has 0 atom stereocenters. The largest absolute Gasteiger partial charge is 0.434 e. The molecule has 0 unspecified atom stereocenters. The van der Waals surface area contributed by atoms with Gasteiger partial charge in [0.05, 0.1) is 28.0 Å². The molecule has 4 aromatic rings. The van der Waals surface area contributed by atoms with Crippen LogP contribution in [-0.4, -0.2) is 25.9 Å². The van der Waals surface area contributed by atoms with Crippen LogP contribution in [-0.2, 0) is 6.18 Å². The molecule has 10 heteroatoms. The minimum Gasteiger partial charge on any atom is -0.305 e. The quantitative estimate of drug-likeness (QED) is 0.466. The van der Waals surface area contributed by atoms with Crippen LogP contribution in [0.4, 0.5) is 19.0 Å². The Hall–Kier alpha value is -3.40. The zero-order chi connectivity index (χ0) is 21.5. The normalized spacial score (nSPS) is 11.6. The number of H-pyrrole nitrogens is 1. The third kappa shape index (κ3) is 3.86. The summed E-state index contributed by atoms with van der Waals surface area (Å²) in [5, 5.41) is 13.0. The van der Waals surface area contributed by atoms with Gasteiger partial charge >= 0.3 is 6.18 Å². The van der Waals surface area contributed by atoms with Gasteiger partial charge in [0.25, 0.3) is 5.91 Å². The number of hydrogen-bond acceptors (Lipinski definition) is 4. The molecule has 3 heterocycles. The van der Waals surface area contributed by atoms with Crippen molar-refractivity contribution in [2.75, 3.05) is 5.32 Å². The number of aryl methyl sites for hydroxylation is 2. The number of carbonyl (C=O) groups is 1. The predicted molar refractivity (Wildman–Crippen MR) is 108 cm³/mol. The number of alkyl halides is 3. The van der Waals surface area contributed by atoms with Crippen molar-refractivity contribution in [2.45, 2.75) is 20.0 Å². The first kappa shape index (κ1) is 19.9. The third-order valence-corrected chi connectivity index (χ3v) is 5.42. The zero-order valence-corrected chi connectivity index (χ0v) is 16.7. The minimum atomic E-state index is -4.78. The van der Waals surface area contributed by atoms with Crippen LogP contribution in [0.1, 0.15) is 26.5 Å². The molecule has 30 heavy (non-hydrogen) atoms. The molecular formula is C20H16F3N5OS. The maximum atomic E-state index is 13.8. The number of hydrogen-bond donors (Lipinski definition) is 2. The Balaban J connectivity index is 1.64. The summed E-state index contributed by atoms with van der Waals surface area (Å²) in [7, 11) is 0. The number of carbonyl (C=O) groups excluding carboxylic acids is 1. The van der Waals surface area contributed by atoms with Crippen LogP contribution in [0, 0.1) is 13.8 Å². The first-order valence-electron chi connectivity index (χ1n) is 8.88. The van der Waals surface area contributed by atoms with Crippen molar-refractivity contribution in [1.29, 1.82) is 0 Å². The molecule has 0 saturated carbocycles. The molecule has 0 radical (unpaired) electrons. The first-order valence-corrected chi connectivity index (χ1v) is 9.70. The van der Waals surface area contributed by atoms with Crippen LogP contribution in [0.3, 0.4) is 0 Å². The van der Waals surface area contributed by atoms with Crippen LogP contribution in [0.5, 0.6) is 0 Å².